The summed E-state index contributed by atoms with van der Waals surface area (Å²) in [5, 5.41) is 0.156. The van der Waals surface area contributed by atoms with Gasteiger partial charge < -0.3 is 5.73 Å². The Hall–Kier alpha value is -0.850. The first-order chi connectivity index (χ1) is 9.94. The van der Waals surface area contributed by atoms with Gasteiger partial charge in [0.05, 0.1) is 5.02 Å². The Bertz CT molecular complexity index is 586. The molecule has 7 heteroatoms. The van der Waals surface area contributed by atoms with Crippen LogP contribution in [0.3, 0.4) is 0 Å². The van der Waals surface area contributed by atoms with Crippen LogP contribution in [0.25, 0.3) is 0 Å². The Balaban J connectivity index is 2.16. The number of anilines is 1. The van der Waals surface area contributed by atoms with Crippen LogP contribution in [0, 0.1) is 5.92 Å². The van der Waals surface area contributed by atoms with Crippen molar-refractivity contribution in [1.82, 2.24) is 9.71 Å². The van der Waals surface area contributed by atoms with Crippen LogP contribution in [-0.4, -0.2) is 19.4 Å². The maximum Gasteiger partial charge on any atom is 0.242 e. The minimum absolute atomic E-state index is 0.0355. The van der Waals surface area contributed by atoms with Crippen molar-refractivity contribution in [3.63, 3.8) is 0 Å². The van der Waals surface area contributed by atoms with Gasteiger partial charge in [-0.25, -0.2) is 18.1 Å². The summed E-state index contributed by atoms with van der Waals surface area (Å²) in [6.45, 7) is 2.01. The standard InChI is InChI=1S/C14H22ClN3O2S/c1-2-13(10-6-4-3-5-7-10)18-21(19,20)11-8-12(15)14(16)17-9-11/h8-10,13,18H,2-7H2,1H3,(H2,16,17). The number of hydrogen-bond acceptors (Lipinski definition) is 4. The monoisotopic (exact) mass is 331 g/mol. The lowest BCUT2D eigenvalue weighted by Gasteiger charge is -2.30. The SMILES string of the molecule is CCC(NS(=O)(=O)c1cnc(N)c(Cl)c1)C1CCCCC1. The normalized spacial score (nSPS) is 18.6. The van der Waals surface area contributed by atoms with Crippen molar-refractivity contribution in [3.8, 4) is 0 Å². The lowest BCUT2D eigenvalue weighted by atomic mass is 9.83. The first-order valence-corrected chi connectivity index (χ1v) is 9.23. The van der Waals surface area contributed by atoms with Crippen LogP contribution in [0.5, 0.6) is 0 Å². The number of nitrogens with one attached hydrogen (secondary N) is 1. The molecule has 0 bridgehead atoms. The molecule has 21 heavy (non-hydrogen) atoms. The second kappa shape index (κ2) is 6.94. The molecular weight excluding hydrogens is 310 g/mol. The fourth-order valence-electron chi connectivity index (χ4n) is 2.89. The molecule has 1 atom stereocenters. The van der Waals surface area contributed by atoms with Crippen LogP contribution in [0.15, 0.2) is 17.2 Å². The van der Waals surface area contributed by atoms with Crippen LogP contribution < -0.4 is 10.5 Å². The summed E-state index contributed by atoms with van der Waals surface area (Å²) in [4.78, 5) is 3.88. The van der Waals surface area contributed by atoms with Crippen LogP contribution in [0.1, 0.15) is 45.4 Å². The lowest BCUT2D eigenvalue weighted by molar-refractivity contribution is 0.285. The van der Waals surface area contributed by atoms with E-state index in [0.717, 1.165) is 19.3 Å². The van der Waals surface area contributed by atoms with E-state index in [0.29, 0.717) is 5.92 Å². The van der Waals surface area contributed by atoms with Crippen LogP contribution in [0.2, 0.25) is 5.02 Å². The molecule has 0 aliphatic heterocycles. The number of rotatable bonds is 5. The molecule has 1 aliphatic carbocycles. The minimum atomic E-state index is -3.61. The number of nitrogens with two attached hydrogens (primary N) is 1. The average molecular weight is 332 g/mol. The smallest absolute Gasteiger partial charge is 0.242 e. The van der Waals surface area contributed by atoms with Gasteiger partial charge >= 0.3 is 0 Å². The highest BCUT2D eigenvalue weighted by molar-refractivity contribution is 7.89. The van der Waals surface area contributed by atoms with E-state index in [1.165, 1.54) is 31.5 Å². The molecule has 1 aromatic heterocycles. The number of nitrogen functional groups attached to an aromatic ring is 1. The van der Waals surface area contributed by atoms with Gasteiger partial charge in [-0.15, -0.1) is 0 Å². The highest BCUT2D eigenvalue weighted by Gasteiger charge is 2.27. The van der Waals surface area contributed by atoms with Gasteiger partial charge in [-0.05, 0) is 31.2 Å². The summed E-state index contributed by atoms with van der Waals surface area (Å²) in [5.74, 6) is 0.547. The summed E-state index contributed by atoms with van der Waals surface area (Å²) in [5.41, 5.74) is 5.52. The number of hydrogen-bond donors (Lipinski definition) is 2. The molecule has 1 saturated carbocycles. The summed E-state index contributed by atoms with van der Waals surface area (Å²) in [7, 11) is -3.61. The predicted molar refractivity (Wildman–Crippen MR) is 84.6 cm³/mol. The molecule has 3 N–H and O–H groups in total. The molecule has 0 aromatic carbocycles. The molecule has 1 unspecified atom stereocenters. The number of nitrogens with zero attached hydrogens (tertiary/aromatic N) is 1. The largest absolute Gasteiger partial charge is 0.382 e. The Labute approximate surface area is 131 Å². The second-order valence-corrected chi connectivity index (χ2v) is 7.69. The van der Waals surface area contributed by atoms with Gasteiger partial charge in [-0.1, -0.05) is 37.8 Å². The van der Waals surface area contributed by atoms with E-state index in [4.69, 9.17) is 17.3 Å². The fraction of sp³-hybridized carbons (Fsp3) is 0.643. The number of aromatic nitrogens is 1. The quantitative estimate of drug-likeness (QED) is 0.868. The summed E-state index contributed by atoms with van der Waals surface area (Å²) >= 11 is 5.86. The molecule has 0 saturated heterocycles. The molecule has 5 nitrogen and oxygen atoms in total. The molecule has 1 heterocycles. The molecule has 2 rings (SSSR count). The lowest BCUT2D eigenvalue weighted by Crippen LogP contribution is -2.40. The van der Waals surface area contributed by atoms with E-state index in [1.807, 2.05) is 6.92 Å². The first kappa shape index (κ1) is 16.5. The Kier molecular flexibility index (Phi) is 5.46. The fourth-order valence-corrected chi connectivity index (χ4v) is 4.48. The van der Waals surface area contributed by atoms with E-state index in [9.17, 15) is 8.42 Å². The Morgan fingerprint density at radius 1 is 1.43 bits per heavy atom. The Morgan fingerprint density at radius 2 is 2.10 bits per heavy atom. The third kappa shape index (κ3) is 4.08. The van der Waals surface area contributed by atoms with Crippen molar-refractivity contribution in [3.05, 3.63) is 17.3 Å². The topological polar surface area (TPSA) is 85.1 Å². The van der Waals surface area contributed by atoms with Gasteiger partial charge in [0.15, 0.2) is 0 Å². The van der Waals surface area contributed by atoms with Crippen molar-refractivity contribution in [2.45, 2.75) is 56.4 Å². The first-order valence-electron chi connectivity index (χ1n) is 7.37. The molecule has 1 aromatic rings. The van der Waals surface area contributed by atoms with E-state index >= 15 is 0 Å². The number of pyridine rings is 1. The van der Waals surface area contributed by atoms with E-state index in [1.54, 1.807) is 0 Å². The van der Waals surface area contributed by atoms with Crippen molar-refractivity contribution >= 4 is 27.4 Å². The molecule has 1 aliphatic rings. The third-order valence-electron chi connectivity index (χ3n) is 4.12. The Morgan fingerprint density at radius 3 is 2.67 bits per heavy atom. The molecular formula is C14H22ClN3O2S. The molecule has 0 spiro atoms. The average Bonchev–Trinajstić information content (AvgIpc) is 2.48. The van der Waals surface area contributed by atoms with Crippen molar-refractivity contribution in [1.29, 1.82) is 0 Å². The van der Waals surface area contributed by atoms with Gasteiger partial charge in [0.1, 0.15) is 10.7 Å². The predicted octanol–water partition coefficient (Wildman–Crippen LogP) is 2.95. The zero-order chi connectivity index (χ0) is 15.5. The van der Waals surface area contributed by atoms with E-state index in [2.05, 4.69) is 9.71 Å². The summed E-state index contributed by atoms with van der Waals surface area (Å²) < 4.78 is 27.7. The van der Waals surface area contributed by atoms with E-state index < -0.39 is 10.0 Å². The van der Waals surface area contributed by atoms with Crippen LogP contribution in [-0.2, 0) is 10.0 Å². The number of sulfonamides is 1. The van der Waals surface area contributed by atoms with Gasteiger partial charge in [0, 0.05) is 12.2 Å². The molecule has 0 radical (unpaired) electrons. The zero-order valence-electron chi connectivity index (χ0n) is 12.2. The van der Waals surface area contributed by atoms with Crippen molar-refractivity contribution in [2.24, 2.45) is 5.92 Å². The molecule has 1 fully saturated rings. The minimum Gasteiger partial charge on any atom is -0.382 e. The van der Waals surface area contributed by atoms with Crippen LogP contribution >= 0.6 is 11.6 Å². The highest BCUT2D eigenvalue weighted by atomic mass is 35.5. The maximum absolute atomic E-state index is 12.5. The third-order valence-corrected chi connectivity index (χ3v) is 5.88. The molecule has 118 valence electrons. The number of halogens is 1. The van der Waals surface area contributed by atoms with Gasteiger partial charge in [-0.2, -0.15) is 0 Å². The zero-order valence-corrected chi connectivity index (χ0v) is 13.8. The maximum atomic E-state index is 12.5. The highest BCUT2D eigenvalue weighted by Crippen LogP contribution is 2.29. The van der Waals surface area contributed by atoms with E-state index in [-0.39, 0.29) is 21.8 Å². The van der Waals surface area contributed by atoms with Gasteiger partial charge in [-0.3, -0.25) is 0 Å². The van der Waals surface area contributed by atoms with Gasteiger partial charge in [0.2, 0.25) is 10.0 Å². The molecule has 0 amide bonds. The summed E-state index contributed by atoms with van der Waals surface area (Å²) in [6.07, 6.45) is 7.80. The van der Waals surface area contributed by atoms with Gasteiger partial charge in [0.25, 0.3) is 0 Å². The second-order valence-electron chi connectivity index (χ2n) is 5.57. The van der Waals surface area contributed by atoms with Crippen LogP contribution in [0.4, 0.5) is 5.82 Å². The van der Waals surface area contributed by atoms with Crippen molar-refractivity contribution in [2.75, 3.05) is 5.73 Å². The summed E-state index contributed by atoms with van der Waals surface area (Å²) in [6, 6.07) is 1.31. The van der Waals surface area contributed by atoms with Crippen molar-refractivity contribution < 1.29 is 8.42 Å².